The van der Waals surface area contributed by atoms with E-state index in [9.17, 15) is 4.79 Å². The number of thioether (sulfide) groups is 1. The summed E-state index contributed by atoms with van der Waals surface area (Å²) in [4.78, 5) is 19.3. The first-order valence-corrected chi connectivity index (χ1v) is 9.47. The molecule has 1 N–H and O–H groups in total. The summed E-state index contributed by atoms with van der Waals surface area (Å²) in [7, 11) is 0. The Hall–Kier alpha value is -2.28. The van der Waals surface area contributed by atoms with E-state index >= 15 is 0 Å². The maximum atomic E-state index is 10.9. The van der Waals surface area contributed by atoms with E-state index in [1.807, 2.05) is 24.3 Å². The summed E-state index contributed by atoms with van der Waals surface area (Å²) in [6.45, 7) is 8.50. The second kappa shape index (κ2) is 8.89. The number of hydrogen-bond donors (Lipinski definition) is 1. The maximum absolute atomic E-state index is 10.9. The molecule has 0 bridgehead atoms. The Kier molecular flexibility index (Phi) is 6.85. The van der Waals surface area contributed by atoms with Crippen molar-refractivity contribution in [3.05, 3.63) is 36.0 Å². The van der Waals surface area contributed by atoms with Crippen LogP contribution in [0.3, 0.4) is 0 Å². The van der Waals surface area contributed by atoms with Gasteiger partial charge in [-0.3, -0.25) is 0 Å². The lowest BCUT2D eigenvalue weighted by Crippen LogP contribution is -2.10. The SMILES string of the molecule is CCCCSc1ncc(OC(=O)O)c(Oc2ccc(C(C)(C)C)cc2)n1. The molecule has 6 nitrogen and oxygen atoms in total. The highest BCUT2D eigenvalue weighted by atomic mass is 32.2. The smallest absolute Gasteiger partial charge is 0.449 e. The molecule has 140 valence electrons. The van der Waals surface area contributed by atoms with Crippen molar-refractivity contribution >= 4 is 17.9 Å². The standard InChI is InChI=1S/C19H24N2O4S/c1-5-6-11-26-17-20-12-15(25-18(22)23)16(21-17)24-14-9-7-13(8-10-14)19(2,3)4/h7-10,12H,5-6,11H2,1-4H3,(H,22,23). The number of ether oxygens (including phenoxy) is 2. The first kappa shape index (κ1) is 20.0. The second-order valence-corrected chi connectivity index (χ2v) is 7.83. The molecule has 0 aliphatic carbocycles. The molecule has 0 unspecified atom stereocenters. The molecular formula is C19H24N2O4S. The van der Waals surface area contributed by atoms with Crippen LogP contribution in [0.5, 0.6) is 17.4 Å². The highest BCUT2D eigenvalue weighted by Crippen LogP contribution is 2.32. The number of hydrogen-bond acceptors (Lipinski definition) is 6. The van der Waals surface area contributed by atoms with E-state index in [2.05, 4.69) is 37.7 Å². The van der Waals surface area contributed by atoms with E-state index in [-0.39, 0.29) is 17.0 Å². The molecule has 0 saturated heterocycles. The van der Waals surface area contributed by atoms with E-state index in [0.717, 1.165) is 18.6 Å². The fraction of sp³-hybridized carbons (Fsp3) is 0.421. The van der Waals surface area contributed by atoms with Crippen LogP contribution < -0.4 is 9.47 Å². The fourth-order valence-corrected chi connectivity index (χ4v) is 2.98. The van der Waals surface area contributed by atoms with Crippen molar-refractivity contribution in [2.75, 3.05) is 5.75 Å². The van der Waals surface area contributed by atoms with Crippen LogP contribution in [0.2, 0.25) is 0 Å². The van der Waals surface area contributed by atoms with Crippen LogP contribution in [-0.2, 0) is 5.41 Å². The number of nitrogens with zero attached hydrogens (tertiary/aromatic N) is 2. The van der Waals surface area contributed by atoms with Gasteiger partial charge in [-0.05, 0) is 29.5 Å². The number of aromatic nitrogens is 2. The van der Waals surface area contributed by atoms with Gasteiger partial charge in [0.2, 0.25) is 5.75 Å². The number of carbonyl (C=O) groups is 1. The predicted molar refractivity (Wildman–Crippen MR) is 102 cm³/mol. The molecule has 0 radical (unpaired) electrons. The molecule has 7 heteroatoms. The van der Waals surface area contributed by atoms with Gasteiger partial charge in [0.05, 0.1) is 6.20 Å². The van der Waals surface area contributed by atoms with Crippen LogP contribution >= 0.6 is 11.8 Å². The quantitative estimate of drug-likeness (QED) is 0.295. The summed E-state index contributed by atoms with van der Waals surface area (Å²) >= 11 is 1.50. The first-order valence-electron chi connectivity index (χ1n) is 8.48. The van der Waals surface area contributed by atoms with Crippen LogP contribution in [0.1, 0.15) is 46.1 Å². The third-order valence-corrected chi connectivity index (χ3v) is 4.51. The van der Waals surface area contributed by atoms with Crippen LogP contribution in [0, 0.1) is 0 Å². The van der Waals surface area contributed by atoms with Crippen molar-refractivity contribution in [2.45, 2.75) is 51.1 Å². The van der Waals surface area contributed by atoms with E-state index < -0.39 is 6.16 Å². The molecule has 0 aliphatic heterocycles. The van der Waals surface area contributed by atoms with Gasteiger partial charge in [0, 0.05) is 5.75 Å². The lowest BCUT2D eigenvalue weighted by atomic mass is 9.87. The van der Waals surface area contributed by atoms with Crippen molar-refractivity contribution in [3.63, 3.8) is 0 Å². The molecule has 2 aromatic rings. The summed E-state index contributed by atoms with van der Waals surface area (Å²) in [5.74, 6) is 1.49. The molecule has 0 amide bonds. The maximum Gasteiger partial charge on any atom is 0.511 e. The lowest BCUT2D eigenvalue weighted by molar-refractivity contribution is 0.142. The highest BCUT2D eigenvalue weighted by Gasteiger charge is 2.16. The Bertz CT molecular complexity index is 742. The van der Waals surface area contributed by atoms with Gasteiger partial charge >= 0.3 is 6.16 Å². The normalized spacial score (nSPS) is 11.2. The zero-order valence-electron chi connectivity index (χ0n) is 15.5. The molecule has 26 heavy (non-hydrogen) atoms. The molecule has 0 spiro atoms. The van der Waals surface area contributed by atoms with Crippen molar-refractivity contribution < 1.29 is 19.4 Å². The summed E-state index contributed by atoms with van der Waals surface area (Å²) in [6, 6.07) is 7.62. The minimum atomic E-state index is -1.44. The lowest BCUT2D eigenvalue weighted by Gasteiger charge is -2.19. The third kappa shape index (κ3) is 5.91. The van der Waals surface area contributed by atoms with Crippen LogP contribution in [0.15, 0.2) is 35.6 Å². The molecule has 2 rings (SSSR count). The number of benzene rings is 1. The molecule has 0 fully saturated rings. The Labute approximate surface area is 158 Å². The predicted octanol–water partition coefficient (Wildman–Crippen LogP) is 5.52. The highest BCUT2D eigenvalue weighted by molar-refractivity contribution is 7.99. The monoisotopic (exact) mass is 376 g/mol. The van der Waals surface area contributed by atoms with E-state index in [0.29, 0.717) is 10.9 Å². The topological polar surface area (TPSA) is 81.5 Å². The van der Waals surface area contributed by atoms with Crippen molar-refractivity contribution in [2.24, 2.45) is 0 Å². The zero-order chi connectivity index (χ0) is 19.2. The average Bonchev–Trinajstić information content (AvgIpc) is 2.56. The van der Waals surface area contributed by atoms with Crippen LogP contribution in [-0.4, -0.2) is 27.0 Å². The number of carboxylic acid groups (broad SMARTS) is 1. The zero-order valence-corrected chi connectivity index (χ0v) is 16.3. The van der Waals surface area contributed by atoms with Gasteiger partial charge in [0.25, 0.3) is 5.88 Å². The number of unbranched alkanes of at least 4 members (excludes halogenated alkanes) is 1. The minimum absolute atomic E-state index is 0.0303. The van der Waals surface area contributed by atoms with Gasteiger partial charge in [-0.15, -0.1) is 0 Å². The summed E-state index contributed by atoms with van der Waals surface area (Å²) in [5, 5.41) is 9.41. The van der Waals surface area contributed by atoms with E-state index in [1.165, 1.54) is 23.5 Å². The number of rotatable bonds is 7. The van der Waals surface area contributed by atoms with Crippen molar-refractivity contribution in [1.29, 1.82) is 0 Å². The third-order valence-electron chi connectivity index (χ3n) is 3.56. The van der Waals surface area contributed by atoms with Crippen LogP contribution in [0.4, 0.5) is 4.79 Å². The Morgan fingerprint density at radius 2 is 1.92 bits per heavy atom. The summed E-state index contributed by atoms with van der Waals surface area (Å²) < 4.78 is 10.5. The van der Waals surface area contributed by atoms with Gasteiger partial charge < -0.3 is 14.6 Å². The Balaban J connectivity index is 2.23. The first-order chi connectivity index (χ1) is 12.3. The molecule has 1 aromatic carbocycles. The molecule has 0 saturated carbocycles. The van der Waals surface area contributed by atoms with Crippen LogP contribution in [0.25, 0.3) is 0 Å². The van der Waals surface area contributed by atoms with Gasteiger partial charge in [-0.25, -0.2) is 9.78 Å². The molecule has 0 aliphatic rings. The minimum Gasteiger partial charge on any atom is -0.449 e. The average molecular weight is 376 g/mol. The molecule has 1 heterocycles. The largest absolute Gasteiger partial charge is 0.511 e. The van der Waals surface area contributed by atoms with E-state index in [4.69, 9.17) is 14.6 Å². The van der Waals surface area contributed by atoms with Gasteiger partial charge in [0.15, 0.2) is 5.16 Å². The Morgan fingerprint density at radius 1 is 1.23 bits per heavy atom. The molecule has 0 atom stereocenters. The van der Waals surface area contributed by atoms with Crippen molar-refractivity contribution in [1.82, 2.24) is 9.97 Å². The summed E-state index contributed by atoms with van der Waals surface area (Å²) in [5.41, 5.74) is 1.21. The fourth-order valence-electron chi connectivity index (χ4n) is 2.09. The van der Waals surface area contributed by atoms with Gasteiger partial charge in [-0.2, -0.15) is 4.98 Å². The second-order valence-electron chi connectivity index (χ2n) is 6.77. The molecule has 1 aromatic heterocycles. The van der Waals surface area contributed by atoms with Crippen molar-refractivity contribution in [3.8, 4) is 17.4 Å². The Morgan fingerprint density at radius 3 is 2.50 bits per heavy atom. The van der Waals surface area contributed by atoms with Gasteiger partial charge in [-0.1, -0.05) is 58.0 Å². The van der Waals surface area contributed by atoms with Gasteiger partial charge in [0.1, 0.15) is 5.75 Å². The summed E-state index contributed by atoms with van der Waals surface area (Å²) in [6.07, 6.45) is 2.02. The molecular weight excluding hydrogens is 352 g/mol. The van der Waals surface area contributed by atoms with E-state index in [1.54, 1.807) is 0 Å².